The second-order valence-corrected chi connectivity index (χ2v) is 3.00. The van der Waals surface area contributed by atoms with E-state index in [0.717, 1.165) is 0 Å². The molecule has 0 saturated carbocycles. The molecule has 1 heterocycles. The fourth-order valence-electron chi connectivity index (χ4n) is 1.02. The number of carbonyl (C=O) groups excluding carboxylic acids is 1. The topological polar surface area (TPSA) is 93.0 Å². The van der Waals surface area contributed by atoms with Gasteiger partial charge in [0.2, 0.25) is 11.8 Å². The lowest BCUT2D eigenvalue weighted by molar-refractivity contribution is 0.107. The fraction of sp³-hybridized carbons (Fsp3) is 0.444. The summed E-state index contributed by atoms with van der Waals surface area (Å²) in [6.45, 7) is 0.912. The molecule has 7 nitrogen and oxygen atoms in total. The van der Waals surface area contributed by atoms with Crippen LogP contribution in [0, 0.1) is 0 Å². The molecule has 1 aromatic heterocycles. The minimum atomic E-state index is -0.766. The number of rotatable bonds is 5. The largest absolute Gasteiger partial charge is 0.492 e. The molecule has 1 aromatic rings. The number of ether oxygens (including phenoxy) is 1. The summed E-state index contributed by atoms with van der Waals surface area (Å²) in [7, 11) is 1.56. The Hall–Kier alpha value is -1.89. The summed E-state index contributed by atoms with van der Waals surface area (Å²) in [5.74, 6) is -0.714. The number of aromatic nitrogens is 1. The quantitative estimate of drug-likeness (QED) is 0.622. The van der Waals surface area contributed by atoms with E-state index in [9.17, 15) is 4.79 Å². The van der Waals surface area contributed by atoms with E-state index in [-0.39, 0.29) is 11.8 Å². The van der Waals surface area contributed by atoms with Crippen LogP contribution < -0.4 is 10.2 Å². The molecule has 0 aliphatic carbocycles. The van der Waals surface area contributed by atoms with Gasteiger partial charge in [-0.3, -0.25) is 0 Å². The molecule has 3 N–H and O–H groups in total. The Labute approximate surface area is 92.2 Å². The molecule has 0 bridgehead atoms. The van der Waals surface area contributed by atoms with E-state index in [1.54, 1.807) is 7.11 Å². The lowest BCUT2D eigenvalue weighted by Gasteiger charge is -2.07. The summed E-state index contributed by atoms with van der Waals surface area (Å²) in [5, 5.41) is 20.8. The van der Waals surface area contributed by atoms with E-state index in [1.165, 1.54) is 12.1 Å². The van der Waals surface area contributed by atoms with Crippen LogP contribution in [0.2, 0.25) is 0 Å². The van der Waals surface area contributed by atoms with Gasteiger partial charge in [-0.15, -0.1) is 4.73 Å². The number of nitrogens with one attached hydrogen (secondary N) is 1. The van der Waals surface area contributed by atoms with Gasteiger partial charge in [-0.05, 0) is 6.42 Å². The smallest absolute Gasteiger partial charge is 0.432 e. The van der Waals surface area contributed by atoms with Crippen molar-refractivity contribution < 1.29 is 24.6 Å². The number of methoxy groups -OCH3 is 1. The third kappa shape index (κ3) is 3.35. The first-order valence-electron chi connectivity index (χ1n) is 4.70. The molecule has 1 rings (SSSR count). The van der Waals surface area contributed by atoms with Gasteiger partial charge in [0.05, 0.1) is 0 Å². The van der Waals surface area contributed by atoms with Crippen LogP contribution in [-0.2, 0) is 4.74 Å². The van der Waals surface area contributed by atoms with Crippen molar-refractivity contribution in [2.24, 2.45) is 0 Å². The van der Waals surface area contributed by atoms with Gasteiger partial charge in [-0.1, -0.05) is 0 Å². The van der Waals surface area contributed by atoms with Crippen LogP contribution in [-0.4, -0.2) is 41.3 Å². The molecule has 0 atom stereocenters. The molecule has 0 unspecified atom stereocenters. The molecule has 0 saturated heterocycles. The Bertz CT molecular complexity index is 330. The number of amides is 1. The summed E-state index contributed by atoms with van der Waals surface area (Å²) in [6.07, 6.45) is -0.118. The highest BCUT2D eigenvalue weighted by molar-refractivity contribution is 5.67. The molecular formula is C9H14N2O5. The standard InChI is InChI=1S/C9H14N2O5/c1-15-6-2-5-10-9(14)16-11-7(12)3-4-8(11)13/h3-4,12-13H,2,5-6H2,1H3,(H,10,14). The molecule has 0 aromatic carbocycles. The fourth-order valence-corrected chi connectivity index (χ4v) is 1.02. The van der Waals surface area contributed by atoms with E-state index in [1.807, 2.05) is 0 Å². The van der Waals surface area contributed by atoms with Gasteiger partial charge in [0, 0.05) is 32.4 Å². The van der Waals surface area contributed by atoms with E-state index in [4.69, 9.17) is 14.9 Å². The van der Waals surface area contributed by atoms with Gasteiger partial charge in [-0.25, -0.2) is 4.79 Å². The third-order valence-electron chi connectivity index (χ3n) is 1.77. The van der Waals surface area contributed by atoms with Crippen molar-refractivity contribution in [2.45, 2.75) is 6.42 Å². The Morgan fingerprint density at radius 3 is 2.62 bits per heavy atom. The molecule has 0 radical (unpaired) electrons. The maximum atomic E-state index is 11.2. The van der Waals surface area contributed by atoms with Crippen LogP contribution in [0.1, 0.15) is 6.42 Å². The first-order valence-corrected chi connectivity index (χ1v) is 4.70. The molecule has 0 aliphatic heterocycles. The zero-order chi connectivity index (χ0) is 12.0. The minimum absolute atomic E-state index is 0.357. The van der Waals surface area contributed by atoms with Crippen LogP contribution in [0.3, 0.4) is 0 Å². The first-order chi connectivity index (χ1) is 7.65. The molecular weight excluding hydrogens is 216 g/mol. The molecule has 16 heavy (non-hydrogen) atoms. The number of nitrogens with zero attached hydrogens (tertiary/aromatic N) is 1. The lowest BCUT2D eigenvalue weighted by Crippen LogP contribution is -2.32. The van der Waals surface area contributed by atoms with Crippen LogP contribution in [0.4, 0.5) is 4.79 Å². The van der Waals surface area contributed by atoms with Gasteiger partial charge < -0.3 is 25.1 Å². The highest BCUT2D eigenvalue weighted by Crippen LogP contribution is 2.18. The predicted molar refractivity (Wildman–Crippen MR) is 54.2 cm³/mol. The van der Waals surface area contributed by atoms with Crippen LogP contribution in [0.25, 0.3) is 0 Å². The molecule has 7 heteroatoms. The van der Waals surface area contributed by atoms with Crippen molar-refractivity contribution in [1.29, 1.82) is 0 Å². The minimum Gasteiger partial charge on any atom is -0.492 e. The summed E-state index contributed by atoms with van der Waals surface area (Å²) in [5.41, 5.74) is 0. The zero-order valence-electron chi connectivity index (χ0n) is 8.84. The van der Waals surface area contributed by atoms with Crippen LogP contribution in [0.5, 0.6) is 11.8 Å². The van der Waals surface area contributed by atoms with Crippen LogP contribution in [0.15, 0.2) is 12.1 Å². The monoisotopic (exact) mass is 230 g/mol. The van der Waals surface area contributed by atoms with E-state index in [2.05, 4.69) is 10.2 Å². The van der Waals surface area contributed by atoms with Crippen molar-refractivity contribution in [3.05, 3.63) is 12.1 Å². The van der Waals surface area contributed by atoms with E-state index >= 15 is 0 Å². The highest BCUT2D eigenvalue weighted by Gasteiger charge is 2.10. The zero-order valence-corrected chi connectivity index (χ0v) is 8.84. The summed E-state index contributed by atoms with van der Waals surface area (Å²) < 4.78 is 5.41. The van der Waals surface area contributed by atoms with Gasteiger partial charge in [0.15, 0.2) is 0 Å². The van der Waals surface area contributed by atoms with Gasteiger partial charge in [0.1, 0.15) is 0 Å². The summed E-state index contributed by atoms with van der Waals surface area (Å²) >= 11 is 0. The maximum absolute atomic E-state index is 11.2. The maximum Gasteiger partial charge on any atom is 0.432 e. The van der Waals surface area contributed by atoms with Crippen molar-refractivity contribution in [3.8, 4) is 11.8 Å². The SMILES string of the molecule is COCCCNC(=O)On1c(O)ccc1O. The van der Waals surface area contributed by atoms with Crippen molar-refractivity contribution in [2.75, 3.05) is 20.3 Å². The second-order valence-electron chi connectivity index (χ2n) is 3.00. The normalized spacial score (nSPS) is 10.1. The molecule has 0 spiro atoms. The Balaban J connectivity index is 2.34. The van der Waals surface area contributed by atoms with Gasteiger partial charge in [0.25, 0.3) is 0 Å². The number of hydrogen-bond donors (Lipinski definition) is 3. The molecule has 1 amide bonds. The first kappa shape index (κ1) is 12.2. The van der Waals surface area contributed by atoms with Gasteiger partial charge in [-0.2, -0.15) is 0 Å². The van der Waals surface area contributed by atoms with Crippen LogP contribution >= 0.6 is 0 Å². The summed E-state index contributed by atoms with van der Waals surface area (Å²) in [6, 6.07) is 2.40. The number of carbonyl (C=O) groups is 1. The van der Waals surface area contributed by atoms with Gasteiger partial charge >= 0.3 is 6.09 Å². The highest BCUT2D eigenvalue weighted by atomic mass is 16.7. The molecule has 90 valence electrons. The summed E-state index contributed by atoms with van der Waals surface area (Å²) in [4.78, 5) is 15.8. The van der Waals surface area contributed by atoms with E-state index < -0.39 is 6.09 Å². The number of hydrogen-bond acceptors (Lipinski definition) is 5. The Morgan fingerprint density at radius 2 is 2.06 bits per heavy atom. The Kier molecular flexibility index (Phi) is 4.46. The van der Waals surface area contributed by atoms with Crippen molar-refractivity contribution in [1.82, 2.24) is 10.0 Å². The van der Waals surface area contributed by atoms with Crippen molar-refractivity contribution in [3.63, 3.8) is 0 Å². The average molecular weight is 230 g/mol. The lowest BCUT2D eigenvalue weighted by atomic mass is 10.4. The molecule has 0 fully saturated rings. The average Bonchev–Trinajstić information content (AvgIpc) is 2.56. The second kappa shape index (κ2) is 5.86. The van der Waals surface area contributed by atoms with E-state index in [0.29, 0.717) is 24.3 Å². The molecule has 0 aliphatic rings. The third-order valence-corrected chi connectivity index (χ3v) is 1.77. The Morgan fingerprint density at radius 1 is 1.44 bits per heavy atom. The van der Waals surface area contributed by atoms with Crippen molar-refractivity contribution >= 4 is 6.09 Å². The number of aromatic hydroxyl groups is 2. The predicted octanol–water partition coefficient (Wildman–Crippen LogP) is 0.0740.